The van der Waals surface area contributed by atoms with Crippen LogP contribution in [-0.2, 0) is 0 Å². The summed E-state index contributed by atoms with van der Waals surface area (Å²) in [5.74, 6) is 0. The molecule has 0 aliphatic carbocycles. The molecule has 2 N–H and O–H groups in total. The Bertz CT molecular complexity index is 74.2. The molecule has 0 heterocycles. The highest BCUT2D eigenvalue weighted by molar-refractivity contribution is 4.64. The standard InChI is InChI=1S/C11H23O2/c12-10-8-6-4-2-1-3-5-7-9-11-13/h1,12-13H,2-11H2. The van der Waals surface area contributed by atoms with Gasteiger partial charge in [-0.2, -0.15) is 0 Å². The van der Waals surface area contributed by atoms with Gasteiger partial charge in [-0.05, 0) is 19.3 Å². The first kappa shape index (κ1) is 12.9. The van der Waals surface area contributed by atoms with Gasteiger partial charge >= 0.3 is 0 Å². The Labute approximate surface area is 82.0 Å². The molecule has 0 bridgehead atoms. The zero-order valence-electron chi connectivity index (χ0n) is 8.54. The van der Waals surface area contributed by atoms with Crippen LogP contribution in [0.1, 0.15) is 51.4 Å². The van der Waals surface area contributed by atoms with E-state index in [4.69, 9.17) is 10.2 Å². The van der Waals surface area contributed by atoms with Crippen molar-refractivity contribution in [3.8, 4) is 0 Å². The Balaban J connectivity index is 2.76. The molecule has 0 aromatic carbocycles. The fourth-order valence-electron chi connectivity index (χ4n) is 1.30. The van der Waals surface area contributed by atoms with E-state index in [9.17, 15) is 0 Å². The minimum Gasteiger partial charge on any atom is -0.396 e. The lowest BCUT2D eigenvalue weighted by Gasteiger charge is -2.00. The summed E-state index contributed by atoms with van der Waals surface area (Å²) in [7, 11) is 0. The second-order valence-corrected chi connectivity index (χ2v) is 3.43. The Morgan fingerprint density at radius 3 is 1.46 bits per heavy atom. The van der Waals surface area contributed by atoms with Crippen LogP contribution in [-0.4, -0.2) is 23.4 Å². The molecule has 2 heteroatoms. The van der Waals surface area contributed by atoms with E-state index in [-0.39, 0.29) is 0 Å². The highest BCUT2D eigenvalue weighted by Crippen LogP contribution is 2.08. The van der Waals surface area contributed by atoms with Crippen LogP contribution >= 0.6 is 0 Å². The summed E-state index contributed by atoms with van der Waals surface area (Å²) in [5.41, 5.74) is 0. The van der Waals surface area contributed by atoms with Crippen LogP contribution in [0.15, 0.2) is 0 Å². The molecule has 79 valence electrons. The van der Waals surface area contributed by atoms with Gasteiger partial charge in [-0.1, -0.05) is 38.5 Å². The highest BCUT2D eigenvalue weighted by Gasteiger charge is 1.91. The molecule has 0 aliphatic heterocycles. The molecule has 0 fully saturated rings. The molecule has 13 heavy (non-hydrogen) atoms. The lowest BCUT2D eigenvalue weighted by Crippen LogP contribution is -1.86. The number of aliphatic hydroxyl groups is 2. The molecule has 0 aromatic rings. The third kappa shape index (κ3) is 11.9. The molecule has 1 radical (unpaired) electrons. The first-order valence-corrected chi connectivity index (χ1v) is 5.45. The van der Waals surface area contributed by atoms with Crippen LogP contribution in [0.25, 0.3) is 0 Å². The van der Waals surface area contributed by atoms with Gasteiger partial charge in [0.05, 0.1) is 0 Å². The van der Waals surface area contributed by atoms with Crippen molar-refractivity contribution < 1.29 is 10.2 Å². The molecule has 0 rings (SSSR count). The zero-order valence-corrected chi connectivity index (χ0v) is 8.54. The van der Waals surface area contributed by atoms with Gasteiger partial charge < -0.3 is 10.2 Å². The Kier molecular flexibility index (Phi) is 11.8. The van der Waals surface area contributed by atoms with E-state index in [2.05, 4.69) is 6.42 Å². The van der Waals surface area contributed by atoms with E-state index >= 15 is 0 Å². The smallest absolute Gasteiger partial charge is 0.0431 e. The quantitative estimate of drug-likeness (QED) is 0.515. The van der Waals surface area contributed by atoms with Crippen molar-refractivity contribution in [2.24, 2.45) is 0 Å². The highest BCUT2D eigenvalue weighted by atomic mass is 16.3. The number of hydrogen-bond donors (Lipinski definition) is 2. The number of unbranched alkanes of at least 4 members (excludes halogenated alkanes) is 8. The number of aliphatic hydroxyl groups excluding tert-OH is 2. The van der Waals surface area contributed by atoms with Gasteiger partial charge in [0.15, 0.2) is 0 Å². The van der Waals surface area contributed by atoms with Gasteiger partial charge in [-0.15, -0.1) is 0 Å². The SMILES string of the molecule is OCCCCC[CH]CCCCCO. The molecular weight excluding hydrogens is 164 g/mol. The monoisotopic (exact) mass is 187 g/mol. The summed E-state index contributed by atoms with van der Waals surface area (Å²) < 4.78 is 0. The van der Waals surface area contributed by atoms with Gasteiger partial charge in [0, 0.05) is 13.2 Å². The second kappa shape index (κ2) is 11.9. The Hall–Kier alpha value is -0.0800. The molecule has 0 saturated heterocycles. The van der Waals surface area contributed by atoms with E-state index in [0.29, 0.717) is 13.2 Å². The molecule has 0 unspecified atom stereocenters. The average molecular weight is 187 g/mol. The molecule has 0 aromatic heterocycles. The first-order chi connectivity index (χ1) is 6.41. The summed E-state index contributed by atoms with van der Waals surface area (Å²) in [5, 5.41) is 17.1. The average Bonchev–Trinajstić information content (AvgIpc) is 2.16. The van der Waals surface area contributed by atoms with Crippen LogP contribution in [0.2, 0.25) is 0 Å². The third-order valence-electron chi connectivity index (χ3n) is 2.13. The van der Waals surface area contributed by atoms with Crippen LogP contribution in [0.5, 0.6) is 0 Å². The maximum atomic E-state index is 8.53. The van der Waals surface area contributed by atoms with Crippen molar-refractivity contribution in [2.75, 3.05) is 13.2 Å². The summed E-state index contributed by atoms with van der Waals surface area (Å²) in [6.07, 6.45) is 11.3. The summed E-state index contributed by atoms with van der Waals surface area (Å²) in [6, 6.07) is 0. The van der Waals surface area contributed by atoms with Crippen molar-refractivity contribution >= 4 is 0 Å². The number of rotatable bonds is 10. The Morgan fingerprint density at radius 2 is 1.08 bits per heavy atom. The van der Waals surface area contributed by atoms with Crippen LogP contribution in [0.3, 0.4) is 0 Å². The normalized spacial score (nSPS) is 10.6. The number of hydrogen-bond acceptors (Lipinski definition) is 2. The topological polar surface area (TPSA) is 40.5 Å². The molecule has 0 saturated carbocycles. The largest absolute Gasteiger partial charge is 0.396 e. The van der Waals surface area contributed by atoms with E-state index in [0.717, 1.165) is 25.7 Å². The van der Waals surface area contributed by atoms with Crippen molar-refractivity contribution in [3.63, 3.8) is 0 Å². The molecular formula is C11H23O2. The van der Waals surface area contributed by atoms with Gasteiger partial charge in [0.2, 0.25) is 0 Å². The maximum absolute atomic E-state index is 8.53. The van der Waals surface area contributed by atoms with Gasteiger partial charge in [0.1, 0.15) is 0 Å². The third-order valence-corrected chi connectivity index (χ3v) is 2.13. The van der Waals surface area contributed by atoms with Crippen molar-refractivity contribution in [2.45, 2.75) is 51.4 Å². The minimum absolute atomic E-state index is 0.330. The zero-order chi connectivity index (χ0) is 9.78. The summed E-state index contributed by atoms with van der Waals surface area (Å²) in [4.78, 5) is 0. The second-order valence-electron chi connectivity index (χ2n) is 3.43. The molecule has 0 atom stereocenters. The predicted molar refractivity (Wildman–Crippen MR) is 55.4 cm³/mol. The Morgan fingerprint density at radius 1 is 0.615 bits per heavy atom. The van der Waals surface area contributed by atoms with E-state index < -0.39 is 0 Å². The van der Waals surface area contributed by atoms with E-state index in [1.54, 1.807) is 0 Å². The van der Waals surface area contributed by atoms with E-state index in [1.807, 2.05) is 0 Å². The van der Waals surface area contributed by atoms with Gasteiger partial charge in [-0.3, -0.25) is 0 Å². The minimum atomic E-state index is 0.330. The van der Waals surface area contributed by atoms with Crippen molar-refractivity contribution in [1.29, 1.82) is 0 Å². The maximum Gasteiger partial charge on any atom is 0.0431 e. The van der Waals surface area contributed by atoms with Crippen LogP contribution < -0.4 is 0 Å². The van der Waals surface area contributed by atoms with Gasteiger partial charge in [0.25, 0.3) is 0 Å². The van der Waals surface area contributed by atoms with Crippen LogP contribution in [0, 0.1) is 6.42 Å². The van der Waals surface area contributed by atoms with E-state index in [1.165, 1.54) is 25.7 Å². The lowest BCUT2D eigenvalue weighted by molar-refractivity contribution is 0.282. The summed E-state index contributed by atoms with van der Waals surface area (Å²) >= 11 is 0. The van der Waals surface area contributed by atoms with Crippen molar-refractivity contribution in [3.05, 3.63) is 6.42 Å². The first-order valence-electron chi connectivity index (χ1n) is 5.45. The molecule has 0 amide bonds. The molecule has 0 aliphatic rings. The fraction of sp³-hybridized carbons (Fsp3) is 0.909. The molecule has 2 nitrogen and oxygen atoms in total. The van der Waals surface area contributed by atoms with Gasteiger partial charge in [-0.25, -0.2) is 0 Å². The molecule has 0 spiro atoms. The fourth-order valence-corrected chi connectivity index (χ4v) is 1.30. The van der Waals surface area contributed by atoms with Crippen LogP contribution in [0.4, 0.5) is 0 Å². The summed E-state index contributed by atoms with van der Waals surface area (Å²) in [6.45, 7) is 0.660. The van der Waals surface area contributed by atoms with Crippen molar-refractivity contribution in [1.82, 2.24) is 0 Å². The predicted octanol–water partition coefficient (Wildman–Crippen LogP) is 2.30. The lowest BCUT2D eigenvalue weighted by atomic mass is 10.1.